The Labute approximate surface area is 120 Å². The highest BCUT2D eigenvalue weighted by atomic mass is 32.1. The van der Waals surface area contributed by atoms with Gasteiger partial charge in [0, 0.05) is 21.4 Å². The van der Waals surface area contributed by atoms with Gasteiger partial charge in [-0.25, -0.2) is 0 Å². The molecule has 1 aromatic carbocycles. The predicted octanol–water partition coefficient (Wildman–Crippen LogP) is 3.36. The summed E-state index contributed by atoms with van der Waals surface area (Å²) in [5, 5.41) is 0. The van der Waals surface area contributed by atoms with Gasteiger partial charge in [-0.15, -0.1) is 11.3 Å². The summed E-state index contributed by atoms with van der Waals surface area (Å²) in [7, 11) is 0. The van der Waals surface area contributed by atoms with E-state index in [1.165, 1.54) is 0 Å². The van der Waals surface area contributed by atoms with Crippen molar-refractivity contribution in [2.75, 3.05) is 13.4 Å². The third-order valence-corrected chi connectivity index (χ3v) is 4.02. The summed E-state index contributed by atoms with van der Waals surface area (Å²) in [6, 6.07) is 7.20. The number of fused-ring (bicyclic) bond motifs is 1. The molecule has 2 aromatic rings. The molecule has 3 rings (SSSR count). The normalized spacial score (nSPS) is 12.5. The van der Waals surface area contributed by atoms with Crippen molar-refractivity contribution in [3.63, 3.8) is 0 Å². The highest BCUT2D eigenvalue weighted by Crippen LogP contribution is 2.35. The predicted molar refractivity (Wildman–Crippen MR) is 76.2 cm³/mol. The first-order chi connectivity index (χ1) is 9.63. The number of hydrogen-bond acceptors (Lipinski definition) is 5. The summed E-state index contributed by atoms with van der Waals surface area (Å²) < 4.78 is 16.0. The van der Waals surface area contributed by atoms with Crippen LogP contribution in [0.5, 0.6) is 17.2 Å². The van der Waals surface area contributed by atoms with E-state index in [4.69, 9.17) is 14.2 Å². The number of ketones is 1. The van der Waals surface area contributed by atoms with Gasteiger partial charge in [0.15, 0.2) is 18.1 Å². The molecule has 0 bridgehead atoms. The number of Topliss-reactive ketones (excluding diaryl/α,β-unsaturated/α-hetero) is 1. The van der Waals surface area contributed by atoms with E-state index in [2.05, 4.69) is 0 Å². The summed E-state index contributed by atoms with van der Waals surface area (Å²) >= 11 is 1.62. The van der Waals surface area contributed by atoms with Crippen molar-refractivity contribution in [1.82, 2.24) is 0 Å². The molecular weight excluding hydrogens is 276 g/mol. The van der Waals surface area contributed by atoms with Crippen molar-refractivity contribution in [1.29, 1.82) is 0 Å². The molecule has 0 spiro atoms. The maximum atomic E-state index is 12.1. The van der Waals surface area contributed by atoms with Gasteiger partial charge in [0.05, 0.1) is 0 Å². The Morgan fingerprint density at radius 1 is 1.25 bits per heavy atom. The van der Waals surface area contributed by atoms with E-state index in [1.807, 2.05) is 19.9 Å². The number of ether oxygens (including phenoxy) is 3. The van der Waals surface area contributed by atoms with Crippen molar-refractivity contribution >= 4 is 17.1 Å². The van der Waals surface area contributed by atoms with E-state index in [0.29, 0.717) is 17.2 Å². The Morgan fingerprint density at radius 2 is 2.05 bits per heavy atom. The highest BCUT2D eigenvalue weighted by Gasteiger charge is 2.16. The Hall–Kier alpha value is -2.01. The number of thiophene rings is 1. The third kappa shape index (κ3) is 2.49. The molecular formula is C15H14O4S. The van der Waals surface area contributed by atoms with Gasteiger partial charge in [-0.1, -0.05) is 0 Å². The number of aryl methyl sites for hydroxylation is 2. The van der Waals surface area contributed by atoms with Crippen LogP contribution in [0.4, 0.5) is 0 Å². The Bertz CT molecular complexity index is 660. The van der Waals surface area contributed by atoms with Gasteiger partial charge in [-0.05, 0) is 32.0 Å². The molecule has 0 aliphatic carbocycles. The maximum Gasteiger partial charge on any atom is 0.231 e. The lowest BCUT2D eigenvalue weighted by Crippen LogP contribution is -2.11. The van der Waals surface area contributed by atoms with E-state index in [0.717, 1.165) is 15.3 Å². The van der Waals surface area contributed by atoms with Crippen LogP contribution < -0.4 is 14.2 Å². The van der Waals surface area contributed by atoms with Gasteiger partial charge >= 0.3 is 0 Å². The van der Waals surface area contributed by atoms with Gasteiger partial charge in [-0.3, -0.25) is 4.79 Å². The minimum Gasteiger partial charge on any atom is -0.485 e. The van der Waals surface area contributed by atoms with Crippen LogP contribution in [0.25, 0.3) is 0 Å². The molecule has 2 heterocycles. The summed E-state index contributed by atoms with van der Waals surface area (Å²) in [5.74, 6) is 1.95. The molecule has 0 amide bonds. The molecule has 0 saturated carbocycles. The molecule has 104 valence electrons. The fourth-order valence-corrected chi connectivity index (χ4v) is 3.04. The molecule has 4 nitrogen and oxygen atoms in total. The topological polar surface area (TPSA) is 44.8 Å². The van der Waals surface area contributed by atoms with E-state index in [1.54, 1.807) is 29.5 Å². The summed E-state index contributed by atoms with van der Waals surface area (Å²) in [4.78, 5) is 14.3. The van der Waals surface area contributed by atoms with E-state index < -0.39 is 0 Å². The summed E-state index contributed by atoms with van der Waals surface area (Å²) in [6.07, 6.45) is 0. The highest BCUT2D eigenvalue weighted by molar-refractivity contribution is 7.12. The van der Waals surface area contributed by atoms with E-state index in [9.17, 15) is 4.79 Å². The Kier molecular flexibility index (Phi) is 3.36. The van der Waals surface area contributed by atoms with Gasteiger partial charge < -0.3 is 14.2 Å². The van der Waals surface area contributed by atoms with E-state index in [-0.39, 0.29) is 19.2 Å². The zero-order valence-electron chi connectivity index (χ0n) is 11.3. The second kappa shape index (κ2) is 5.17. The van der Waals surface area contributed by atoms with Crippen molar-refractivity contribution in [3.05, 3.63) is 39.6 Å². The first kappa shape index (κ1) is 13.0. The molecule has 5 heteroatoms. The Morgan fingerprint density at radius 3 is 2.80 bits per heavy atom. The average Bonchev–Trinajstić information content (AvgIpc) is 3.01. The fourth-order valence-electron chi connectivity index (χ4n) is 2.10. The van der Waals surface area contributed by atoms with Crippen LogP contribution in [0.3, 0.4) is 0 Å². The molecule has 0 atom stereocenters. The van der Waals surface area contributed by atoms with Crippen LogP contribution in [0.15, 0.2) is 24.3 Å². The first-order valence-electron chi connectivity index (χ1n) is 6.26. The third-order valence-electron chi connectivity index (χ3n) is 3.06. The average molecular weight is 290 g/mol. The minimum atomic E-state index is -0.00971. The molecule has 20 heavy (non-hydrogen) atoms. The second-order valence-corrected chi connectivity index (χ2v) is 6.01. The van der Waals surface area contributed by atoms with Gasteiger partial charge in [0.2, 0.25) is 12.6 Å². The zero-order valence-corrected chi connectivity index (χ0v) is 12.1. The quantitative estimate of drug-likeness (QED) is 0.810. The molecule has 0 unspecified atom stereocenters. The molecule has 1 aliphatic rings. The van der Waals surface area contributed by atoms with Gasteiger partial charge in [0.25, 0.3) is 0 Å². The van der Waals surface area contributed by atoms with E-state index >= 15 is 0 Å². The minimum absolute atomic E-state index is 0.00971. The van der Waals surface area contributed by atoms with Crippen LogP contribution in [0, 0.1) is 13.8 Å². The lowest BCUT2D eigenvalue weighted by atomic mass is 10.2. The molecule has 1 aliphatic heterocycles. The molecule has 0 radical (unpaired) electrons. The summed E-state index contributed by atoms with van der Waals surface area (Å²) in [5.41, 5.74) is 0.744. The SMILES string of the molecule is Cc1cc(C(=O)COc2ccc3c(c2)OCO3)c(C)s1. The number of benzene rings is 1. The fraction of sp³-hybridized carbons (Fsp3) is 0.267. The molecule has 0 saturated heterocycles. The molecule has 1 aromatic heterocycles. The summed E-state index contributed by atoms with van der Waals surface area (Å²) in [6.45, 7) is 4.19. The first-order valence-corrected chi connectivity index (χ1v) is 7.08. The van der Waals surface area contributed by atoms with Crippen LogP contribution in [-0.2, 0) is 0 Å². The van der Waals surface area contributed by atoms with Crippen molar-refractivity contribution in [2.24, 2.45) is 0 Å². The van der Waals surface area contributed by atoms with Crippen LogP contribution in [0.2, 0.25) is 0 Å². The number of carbonyl (C=O) groups excluding carboxylic acids is 1. The largest absolute Gasteiger partial charge is 0.485 e. The van der Waals surface area contributed by atoms with Crippen LogP contribution >= 0.6 is 11.3 Å². The monoisotopic (exact) mass is 290 g/mol. The number of hydrogen-bond donors (Lipinski definition) is 0. The number of rotatable bonds is 4. The maximum absolute atomic E-state index is 12.1. The van der Waals surface area contributed by atoms with Crippen LogP contribution in [0.1, 0.15) is 20.1 Å². The molecule has 0 fully saturated rings. The van der Waals surface area contributed by atoms with Gasteiger partial charge in [0.1, 0.15) is 5.75 Å². The van der Waals surface area contributed by atoms with Crippen LogP contribution in [-0.4, -0.2) is 19.2 Å². The van der Waals surface area contributed by atoms with Gasteiger partial charge in [-0.2, -0.15) is 0 Å². The van der Waals surface area contributed by atoms with Crippen molar-refractivity contribution in [2.45, 2.75) is 13.8 Å². The second-order valence-electron chi connectivity index (χ2n) is 4.55. The van der Waals surface area contributed by atoms with Crippen molar-refractivity contribution in [3.8, 4) is 17.2 Å². The zero-order chi connectivity index (χ0) is 14.1. The standard InChI is InChI=1S/C15H14O4S/c1-9-5-12(10(2)20-9)13(16)7-17-11-3-4-14-15(6-11)19-8-18-14/h3-6H,7-8H2,1-2H3. The number of carbonyl (C=O) groups is 1. The van der Waals surface area contributed by atoms with Crippen molar-refractivity contribution < 1.29 is 19.0 Å². The lowest BCUT2D eigenvalue weighted by Gasteiger charge is -2.06. The molecule has 0 N–H and O–H groups in total. The lowest BCUT2D eigenvalue weighted by molar-refractivity contribution is 0.0921. The smallest absolute Gasteiger partial charge is 0.231 e. The Balaban J connectivity index is 1.67.